The first-order valence-electron chi connectivity index (χ1n) is 6.74. The van der Waals surface area contributed by atoms with Crippen molar-refractivity contribution >= 4 is 11.9 Å². The van der Waals surface area contributed by atoms with Crippen molar-refractivity contribution in [1.82, 2.24) is 14.8 Å². The molecule has 1 amide bonds. The van der Waals surface area contributed by atoms with Crippen molar-refractivity contribution in [3.8, 4) is 0 Å². The maximum atomic E-state index is 12.5. The molecule has 1 saturated heterocycles. The van der Waals surface area contributed by atoms with Crippen molar-refractivity contribution in [1.29, 1.82) is 0 Å². The maximum Gasteiger partial charge on any atom is 0.322 e. The number of pyridine rings is 1. The minimum absolute atomic E-state index is 0.0808. The number of aryl methyl sites for hydroxylation is 2. The average Bonchev–Trinajstić information content (AvgIpc) is 2.37. The normalized spacial score (nSPS) is 19.6. The van der Waals surface area contributed by atoms with Gasteiger partial charge in [-0.1, -0.05) is 0 Å². The van der Waals surface area contributed by atoms with Crippen LogP contribution >= 0.6 is 0 Å². The highest BCUT2D eigenvalue weighted by molar-refractivity contribution is 5.95. The first-order chi connectivity index (χ1) is 9.81. The number of nitrogens with zero attached hydrogens (tertiary/aromatic N) is 2. The van der Waals surface area contributed by atoms with E-state index in [0.717, 1.165) is 0 Å². The highest BCUT2D eigenvalue weighted by Crippen LogP contribution is 2.13. The summed E-state index contributed by atoms with van der Waals surface area (Å²) in [5.74, 6) is -1.38. The number of aromatic amines is 1. The summed E-state index contributed by atoms with van der Waals surface area (Å²) in [5.41, 5.74) is 0.959. The van der Waals surface area contributed by atoms with Gasteiger partial charge in [0, 0.05) is 25.3 Å². The molecule has 0 radical (unpaired) electrons. The molecule has 0 aromatic carbocycles. The SMILES string of the molecule is Cc1cc(C)c(C(=O)N2CCN(C)[C@@H](C(=O)O)C2)c(=O)[nH]1. The van der Waals surface area contributed by atoms with Crippen molar-refractivity contribution < 1.29 is 14.7 Å². The quantitative estimate of drug-likeness (QED) is 0.790. The van der Waals surface area contributed by atoms with Crippen LogP contribution in [0.3, 0.4) is 0 Å². The van der Waals surface area contributed by atoms with E-state index in [4.69, 9.17) is 0 Å². The van der Waals surface area contributed by atoms with Gasteiger partial charge in [-0.05, 0) is 32.5 Å². The second kappa shape index (κ2) is 5.69. The van der Waals surface area contributed by atoms with Crippen molar-refractivity contribution in [3.05, 3.63) is 33.2 Å². The summed E-state index contributed by atoms with van der Waals surface area (Å²) in [4.78, 5) is 41.5. The molecule has 1 aromatic rings. The highest BCUT2D eigenvalue weighted by Gasteiger charge is 2.33. The number of likely N-dealkylation sites (N-methyl/N-ethyl adjacent to an activating group) is 1. The summed E-state index contributed by atoms with van der Waals surface area (Å²) in [6.45, 7) is 4.41. The predicted octanol–water partition coefficient (Wildman–Crippen LogP) is -0.167. The van der Waals surface area contributed by atoms with Crippen molar-refractivity contribution in [2.75, 3.05) is 26.7 Å². The van der Waals surface area contributed by atoms with E-state index in [1.54, 1.807) is 31.9 Å². The molecule has 1 fully saturated rings. The summed E-state index contributed by atoms with van der Waals surface area (Å²) in [6, 6.07) is 0.992. The first kappa shape index (κ1) is 15.2. The van der Waals surface area contributed by atoms with Gasteiger partial charge in [-0.15, -0.1) is 0 Å². The molecule has 2 rings (SSSR count). The molecule has 2 N–H and O–H groups in total. The number of carboxylic acids is 1. The number of aromatic nitrogens is 1. The minimum atomic E-state index is -0.968. The van der Waals surface area contributed by atoms with E-state index in [0.29, 0.717) is 24.3 Å². The number of aliphatic carboxylic acids is 1. The molecule has 1 atom stereocenters. The van der Waals surface area contributed by atoms with E-state index in [1.165, 1.54) is 4.90 Å². The van der Waals surface area contributed by atoms with Crippen molar-refractivity contribution in [2.24, 2.45) is 0 Å². The van der Waals surface area contributed by atoms with E-state index in [-0.39, 0.29) is 12.1 Å². The predicted molar refractivity (Wildman–Crippen MR) is 76.5 cm³/mol. The van der Waals surface area contributed by atoms with E-state index in [2.05, 4.69) is 4.98 Å². The number of nitrogens with one attached hydrogen (secondary N) is 1. The Morgan fingerprint density at radius 1 is 1.33 bits per heavy atom. The van der Waals surface area contributed by atoms with Gasteiger partial charge >= 0.3 is 5.97 Å². The minimum Gasteiger partial charge on any atom is -0.480 e. The Bertz CT molecular complexity index is 638. The zero-order valence-electron chi connectivity index (χ0n) is 12.3. The van der Waals surface area contributed by atoms with Crippen molar-refractivity contribution in [3.63, 3.8) is 0 Å². The van der Waals surface area contributed by atoms with Crippen molar-refractivity contribution in [2.45, 2.75) is 19.9 Å². The second-order valence-electron chi connectivity index (χ2n) is 5.43. The lowest BCUT2D eigenvalue weighted by Crippen LogP contribution is -2.56. The lowest BCUT2D eigenvalue weighted by Gasteiger charge is -2.37. The van der Waals surface area contributed by atoms with Crippen LogP contribution in [-0.4, -0.2) is 64.5 Å². The topological polar surface area (TPSA) is 93.7 Å². The van der Waals surface area contributed by atoms with Gasteiger partial charge in [-0.25, -0.2) is 0 Å². The molecular weight excluding hydrogens is 274 g/mol. The molecule has 0 spiro atoms. The monoisotopic (exact) mass is 293 g/mol. The molecule has 1 aliphatic heterocycles. The Kier molecular flexibility index (Phi) is 4.13. The van der Waals surface area contributed by atoms with Gasteiger partial charge in [0.15, 0.2) is 0 Å². The van der Waals surface area contributed by atoms with Gasteiger partial charge in [0.25, 0.3) is 11.5 Å². The zero-order valence-corrected chi connectivity index (χ0v) is 12.3. The van der Waals surface area contributed by atoms with Crippen LogP contribution in [0.4, 0.5) is 0 Å². The molecule has 0 saturated carbocycles. The van der Waals surface area contributed by atoms with Gasteiger partial charge in [0.2, 0.25) is 0 Å². The van der Waals surface area contributed by atoms with Crippen LogP contribution in [0.2, 0.25) is 0 Å². The summed E-state index contributed by atoms with van der Waals surface area (Å²) < 4.78 is 0. The van der Waals surface area contributed by atoms with Gasteiger partial charge in [-0.2, -0.15) is 0 Å². The van der Waals surface area contributed by atoms with E-state index >= 15 is 0 Å². The van der Waals surface area contributed by atoms with Gasteiger partial charge in [-0.3, -0.25) is 19.3 Å². The largest absolute Gasteiger partial charge is 0.480 e. The van der Waals surface area contributed by atoms with Crippen LogP contribution in [-0.2, 0) is 4.79 Å². The summed E-state index contributed by atoms with van der Waals surface area (Å²) in [7, 11) is 1.71. The zero-order chi connectivity index (χ0) is 15.7. The summed E-state index contributed by atoms with van der Waals surface area (Å²) >= 11 is 0. The highest BCUT2D eigenvalue weighted by atomic mass is 16.4. The molecule has 7 nitrogen and oxygen atoms in total. The third-order valence-corrected chi connectivity index (χ3v) is 3.80. The number of hydrogen-bond donors (Lipinski definition) is 2. The molecule has 0 aliphatic carbocycles. The first-order valence-corrected chi connectivity index (χ1v) is 6.74. The number of carbonyl (C=O) groups excluding carboxylic acids is 1. The number of carbonyl (C=O) groups is 2. The third kappa shape index (κ3) is 2.97. The van der Waals surface area contributed by atoms with Crippen LogP contribution in [0, 0.1) is 13.8 Å². The van der Waals surface area contributed by atoms with E-state index < -0.39 is 23.5 Å². The summed E-state index contributed by atoms with van der Waals surface area (Å²) in [5, 5.41) is 9.18. The fourth-order valence-corrected chi connectivity index (χ4v) is 2.60. The van der Waals surface area contributed by atoms with Crippen LogP contribution in [0.1, 0.15) is 21.6 Å². The molecule has 1 aromatic heterocycles. The molecule has 21 heavy (non-hydrogen) atoms. The number of rotatable bonds is 2. The number of piperazine rings is 1. The molecule has 0 bridgehead atoms. The van der Waals surface area contributed by atoms with Crippen LogP contribution < -0.4 is 5.56 Å². The fourth-order valence-electron chi connectivity index (χ4n) is 2.60. The van der Waals surface area contributed by atoms with Gasteiger partial charge < -0.3 is 15.0 Å². The number of H-pyrrole nitrogens is 1. The number of amides is 1. The van der Waals surface area contributed by atoms with Gasteiger partial charge in [0.05, 0.1) is 0 Å². The van der Waals surface area contributed by atoms with Gasteiger partial charge in [0.1, 0.15) is 11.6 Å². The molecular formula is C14H19N3O4. The summed E-state index contributed by atoms with van der Waals surface area (Å²) in [6.07, 6.45) is 0. The molecule has 2 heterocycles. The van der Waals surface area contributed by atoms with Crippen LogP contribution in [0.15, 0.2) is 10.9 Å². The lowest BCUT2D eigenvalue weighted by molar-refractivity contribution is -0.144. The van der Waals surface area contributed by atoms with E-state index in [1.807, 2.05) is 0 Å². The Hall–Kier alpha value is -2.15. The fraction of sp³-hybridized carbons (Fsp3) is 0.500. The second-order valence-corrected chi connectivity index (χ2v) is 5.43. The van der Waals surface area contributed by atoms with Crippen LogP contribution in [0.5, 0.6) is 0 Å². The molecule has 0 unspecified atom stereocenters. The number of carboxylic acid groups (broad SMARTS) is 1. The number of hydrogen-bond acceptors (Lipinski definition) is 4. The standard InChI is InChI=1S/C14H19N3O4/c1-8-6-9(2)15-12(18)11(8)13(19)17-5-4-16(3)10(7-17)14(20)21/h6,10H,4-5,7H2,1-3H3,(H,15,18)(H,20,21)/t10-/m1/s1. The smallest absolute Gasteiger partial charge is 0.322 e. The Labute approximate surface area is 122 Å². The maximum absolute atomic E-state index is 12.5. The molecule has 114 valence electrons. The lowest BCUT2D eigenvalue weighted by atomic mass is 10.1. The average molecular weight is 293 g/mol. The Balaban J connectivity index is 2.29. The molecule has 7 heteroatoms. The third-order valence-electron chi connectivity index (χ3n) is 3.80. The molecule has 1 aliphatic rings. The van der Waals surface area contributed by atoms with E-state index in [9.17, 15) is 19.5 Å². The Morgan fingerprint density at radius 3 is 2.57 bits per heavy atom. The van der Waals surface area contributed by atoms with Crippen LogP contribution in [0.25, 0.3) is 0 Å². The Morgan fingerprint density at radius 2 is 2.00 bits per heavy atom.